The molecule has 0 saturated heterocycles. The van der Waals surface area contributed by atoms with Crippen molar-refractivity contribution in [1.29, 1.82) is 0 Å². The maximum absolute atomic E-state index is 11.7. The fraction of sp³-hybridized carbons (Fsp3) is 0.211. The van der Waals surface area contributed by atoms with Crippen molar-refractivity contribution >= 4 is 40.3 Å². The first-order valence-electron chi connectivity index (χ1n) is 8.84. The third-order valence-electron chi connectivity index (χ3n) is 4.10. The van der Waals surface area contributed by atoms with Crippen LogP contribution in [-0.4, -0.2) is 39.9 Å². The molecule has 2 amide bonds. The SMILES string of the molecule is CCNC(=O)Nc1ccc2ncc(Nc3ccc4c(c3)OCC(=O)C4)nc2n1. The van der Waals surface area contributed by atoms with Crippen molar-refractivity contribution < 1.29 is 14.3 Å². The minimum Gasteiger partial charge on any atom is -0.485 e. The Morgan fingerprint density at radius 2 is 2.04 bits per heavy atom. The summed E-state index contributed by atoms with van der Waals surface area (Å²) in [6, 6.07) is 8.62. The summed E-state index contributed by atoms with van der Waals surface area (Å²) in [5.41, 5.74) is 2.64. The van der Waals surface area contributed by atoms with Gasteiger partial charge in [0.15, 0.2) is 17.2 Å². The van der Waals surface area contributed by atoms with Crippen LogP contribution in [0.2, 0.25) is 0 Å². The molecule has 9 nitrogen and oxygen atoms in total. The Bertz CT molecular complexity index is 1070. The standard InChI is InChI=1S/C19H18N6O3/c1-2-20-19(27)25-16-6-5-14-18(23-16)24-17(9-21-14)22-12-4-3-11-7-13(26)10-28-15(11)8-12/h3-6,8-9H,2,7,10H2,1H3,(H3,20,22,23,24,25,27). The van der Waals surface area contributed by atoms with Gasteiger partial charge in [0.1, 0.15) is 23.7 Å². The van der Waals surface area contributed by atoms with Crippen LogP contribution in [0.5, 0.6) is 5.75 Å². The van der Waals surface area contributed by atoms with Crippen molar-refractivity contribution in [2.24, 2.45) is 0 Å². The summed E-state index contributed by atoms with van der Waals surface area (Å²) in [7, 11) is 0. The molecule has 0 saturated carbocycles. The van der Waals surface area contributed by atoms with Gasteiger partial charge in [0.05, 0.1) is 6.20 Å². The van der Waals surface area contributed by atoms with E-state index in [4.69, 9.17) is 4.74 Å². The first-order valence-corrected chi connectivity index (χ1v) is 8.84. The smallest absolute Gasteiger partial charge is 0.320 e. The number of aromatic nitrogens is 3. The molecule has 3 N–H and O–H groups in total. The molecule has 0 spiro atoms. The van der Waals surface area contributed by atoms with Gasteiger partial charge >= 0.3 is 6.03 Å². The van der Waals surface area contributed by atoms with Gasteiger partial charge in [-0.25, -0.2) is 19.7 Å². The van der Waals surface area contributed by atoms with Crippen molar-refractivity contribution in [3.05, 3.63) is 42.1 Å². The number of urea groups is 1. The second kappa shape index (κ2) is 7.47. The molecule has 0 bridgehead atoms. The third-order valence-corrected chi connectivity index (χ3v) is 4.10. The fourth-order valence-electron chi connectivity index (χ4n) is 2.83. The van der Waals surface area contributed by atoms with Crippen LogP contribution in [0.1, 0.15) is 12.5 Å². The minimum absolute atomic E-state index is 0.0664. The summed E-state index contributed by atoms with van der Waals surface area (Å²) < 4.78 is 5.47. The number of hydrogen-bond donors (Lipinski definition) is 3. The molecule has 1 aliphatic heterocycles. The Morgan fingerprint density at radius 3 is 2.89 bits per heavy atom. The molecule has 0 unspecified atom stereocenters. The lowest BCUT2D eigenvalue weighted by atomic mass is 10.1. The normalized spacial score (nSPS) is 12.8. The second-order valence-electron chi connectivity index (χ2n) is 6.23. The van der Waals surface area contributed by atoms with Crippen LogP contribution in [0.4, 0.5) is 22.1 Å². The van der Waals surface area contributed by atoms with E-state index in [1.54, 1.807) is 18.3 Å². The van der Waals surface area contributed by atoms with E-state index in [1.165, 1.54) is 0 Å². The summed E-state index contributed by atoms with van der Waals surface area (Å²) >= 11 is 0. The van der Waals surface area contributed by atoms with E-state index in [9.17, 15) is 9.59 Å². The number of pyridine rings is 1. The number of carbonyl (C=O) groups excluding carboxylic acids is 2. The van der Waals surface area contributed by atoms with E-state index in [-0.39, 0.29) is 18.4 Å². The van der Waals surface area contributed by atoms with Gasteiger partial charge < -0.3 is 15.4 Å². The number of Topliss-reactive ketones (excluding diaryl/α,β-unsaturated/α-hetero) is 1. The zero-order valence-corrected chi connectivity index (χ0v) is 15.2. The van der Waals surface area contributed by atoms with E-state index in [2.05, 4.69) is 30.9 Å². The van der Waals surface area contributed by atoms with E-state index in [0.29, 0.717) is 41.5 Å². The monoisotopic (exact) mass is 378 g/mol. The molecular weight excluding hydrogens is 360 g/mol. The molecule has 0 atom stereocenters. The zero-order valence-electron chi connectivity index (χ0n) is 15.2. The van der Waals surface area contributed by atoms with Crippen molar-refractivity contribution in [3.8, 4) is 5.75 Å². The summed E-state index contributed by atoms with van der Waals surface area (Å²) in [6.45, 7) is 2.45. The molecule has 1 aliphatic rings. The molecule has 1 aromatic carbocycles. The number of rotatable bonds is 4. The molecule has 3 aromatic rings. The second-order valence-corrected chi connectivity index (χ2v) is 6.23. The highest BCUT2D eigenvalue weighted by Crippen LogP contribution is 2.28. The predicted molar refractivity (Wildman–Crippen MR) is 104 cm³/mol. The van der Waals surface area contributed by atoms with E-state index in [0.717, 1.165) is 11.3 Å². The first-order chi connectivity index (χ1) is 13.6. The van der Waals surface area contributed by atoms with Gasteiger partial charge in [0.2, 0.25) is 0 Å². The van der Waals surface area contributed by atoms with Gasteiger partial charge in [-0.15, -0.1) is 0 Å². The number of ketones is 1. The summed E-state index contributed by atoms with van der Waals surface area (Å²) in [6.07, 6.45) is 1.99. The Labute approximate surface area is 160 Å². The van der Waals surface area contributed by atoms with Crippen molar-refractivity contribution in [1.82, 2.24) is 20.3 Å². The van der Waals surface area contributed by atoms with E-state index >= 15 is 0 Å². The molecule has 0 radical (unpaired) electrons. The van der Waals surface area contributed by atoms with Gasteiger partial charge in [-0.1, -0.05) is 6.07 Å². The minimum atomic E-state index is -0.330. The lowest BCUT2D eigenvalue weighted by Gasteiger charge is -2.17. The van der Waals surface area contributed by atoms with Gasteiger partial charge in [-0.3, -0.25) is 10.1 Å². The number of anilines is 3. The Morgan fingerprint density at radius 1 is 1.18 bits per heavy atom. The molecule has 3 heterocycles. The average molecular weight is 378 g/mol. The summed E-state index contributed by atoms with van der Waals surface area (Å²) in [4.78, 5) is 36.2. The van der Waals surface area contributed by atoms with Crippen LogP contribution in [0.15, 0.2) is 36.5 Å². The number of amides is 2. The largest absolute Gasteiger partial charge is 0.485 e. The van der Waals surface area contributed by atoms with Crippen molar-refractivity contribution in [2.75, 3.05) is 23.8 Å². The zero-order chi connectivity index (χ0) is 19.5. The predicted octanol–water partition coefficient (Wildman–Crippen LogP) is 2.41. The van der Waals surface area contributed by atoms with Crippen LogP contribution in [0, 0.1) is 0 Å². The Hall–Kier alpha value is -3.75. The third kappa shape index (κ3) is 3.83. The maximum atomic E-state index is 11.7. The summed E-state index contributed by atoms with van der Waals surface area (Å²) in [5.74, 6) is 1.64. The van der Waals surface area contributed by atoms with Crippen LogP contribution in [-0.2, 0) is 11.2 Å². The van der Waals surface area contributed by atoms with Gasteiger partial charge in [0.25, 0.3) is 0 Å². The van der Waals surface area contributed by atoms with Gasteiger partial charge in [-0.05, 0) is 25.1 Å². The number of carbonyl (C=O) groups is 2. The molecular formula is C19H18N6O3. The van der Waals surface area contributed by atoms with Crippen molar-refractivity contribution in [3.63, 3.8) is 0 Å². The van der Waals surface area contributed by atoms with Crippen LogP contribution in [0.3, 0.4) is 0 Å². The highest BCUT2D eigenvalue weighted by atomic mass is 16.5. The van der Waals surface area contributed by atoms with Crippen LogP contribution < -0.4 is 20.7 Å². The number of nitrogens with one attached hydrogen (secondary N) is 3. The first kappa shape index (κ1) is 17.7. The molecule has 0 fully saturated rings. The highest BCUT2D eigenvalue weighted by Gasteiger charge is 2.17. The maximum Gasteiger partial charge on any atom is 0.320 e. The quantitative estimate of drug-likeness (QED) is 0.638. The van der Waals surface area contributed by atoms with E-state index < -0.39 is 0 Å². The number of benzene rings is 1. The van der Waals surface area contributed by atoms with Crippen LogP contribution in [0.25, 0.3) is 11.2 Å². The Balaban J connectivity index is 1.55. The van der Waals surface area contributed by atoms with Gasteiger partial charge in [0, 0.05) is 30.3 Å². The summed E-state index contributed by atoms with van der Waals surface area (Å²) in [5, 5.41) is 8.45. The molecule has 2 aromatic heterocycles. The highest BCUT2D eigenvalue weighted by molar-refractivity contribution is 5.89. The molecule has 28 heavy (non-hydrogen) atoms. The number of hydrogen-bond acceptors (Lipinski definition) is 7. The van der Waals surface area contributed by atoms with Crippen LogP contribution >= 0.6 is 0 Å². The fourth-order valence-corrected chi connectivity index (χ4v) is 2.83. The number of ether oxygens (including phenoxy) is 1. The molecule has 9 heteroatoms. The lowest BCUT2D eigenvalue weighted by Crippen LogP contribution is -2.28. The lowest BCUT2D eigenvalue weighted by molar-refractivity contribution is -0.121. The number of nitrogens with zero attached hydrogens (tertiary/aromatic N) is 3. The molecule has 4 rings (SSSR count). The molecule has 0 aliphatic carbocycles. The topological polar surface area (TPSA) is 118 Å². The van der Waals surface area contributed by atoms with Crippen molar-refractivity contribution in [2.45, 2.75) is 13.3 Å². The molecule has 142 valence electrons. The van der Waals surface area contributed by atoms with E-state index in [1.807, 2.05) is 25.1 Å². The Kier molecular flexibility index (Phi) is 4.71. The number of fused-ring (bicyclic) bond motifs is 2. The average Bonchev–Trinajstić information content (AvgIpc) is 2.68. The van der Waals surface area contributed by atoms with Gasteiger partial charge in [-0.2, -0.15) is 0 Å².